The minimum Gasteiger partial charge on any atom is -0.478 e. The second-order valence-electron chi connectivity index (χ2n) is 6.08. The van der Waals surface area contributed by atoms with E-state index in [0.29, 0.717) is 17.1 Å². The van der Waals surface area contributed by atoms with E-state index in [2.05, 4.69) is 25.9 Å². The van der Waals surface area contributed by atoms with E-state index in [1.165, 1.54) is 18.3 Å². The highest BCUT2D eigenvalue weighted by Gasteiger charge is 2.12. The van der Waals surface area contributed by atoms with E-state index in [9.17, 15) is 9.90 Å². The van der Waals surface area contributed by atoms with Crippen LogP contribution >= 0.6 is 15.9 Å². The van der Waals surface area contributed by atoms with Crippen LogP contribution in [0.25, 0.3) is 33.9 Å². The van der Waals surface area contributed by atoms with Gasteiger partial charge in [-0.25, -0.2) is 9.78 Å². The van der Waals surface area contributed by atoms with Gasteiger partial charge < -0.3 is 5.11 Å². The van der Waals surface area contributed by atoms with Gasteiger partial charge in [0.25, 0.3) is 0 Å². The zero-order valence-electron chi connectivity index (χ0n) is 14.6. The quantitative estimate of drug-likeness (QED) is 0.472. The number of aromatic carboxylic acids is 1. The summed E-state index contributed by atoms with van der Waals surface area (Å²) in [7, 11) is 0. The Labute approximate surface area is 169 Å². The Morgan fingerprint density at radius 1 is 0.750 bits per heavy atom. The van der Waals surface area contributed by atoms with Gasteiger partial charge >= 0.3 is 5.97 Å². The lowest BCUT2D eigenvalue weighted by Gasteiger charge is -2.10. The van der Waals surface area contributed by atoms with E-state index >= 15 is 0 Å². The fourth-order valence-electron chi connectivity index (χ4n) is 2.82. The van der Waals surface area contributed by atoms with Crippen LogP contribution < -0.4 is 0 Å². The molecule has 0 aliphatic carbocycles. The van der Waals surface area contributed by atoms with Crippen LogP contribution in [0, 0.1) is 0 Å². The third kappa shape index (κ3) is 3.82. The Morgan fingerprint density at radius 2 is 1.46 bits per heavy atom. The Balaban J connectivity index is 1.90. The van der Waals surface area contributed by atoms with Crippen molar-refractivity contribution >= 4 is 21.9 Å². The van der Waals surface area contributed by atoms with Gasteiger partial charge in [0.1, 0.15) is 0 Å². The molecule has 3 aromatic heterocycles. The van der Waals surface area contributed by atoms with Gasteiger partial charge in [-0.15, -0.1) is 0 Å². The minimum atomic E-state index is -1.00. The molecule has 136 valence electrons. The van der Waals surface area contributed by atoms with Crippen molar-refractivity contribution < 1.29 is 9.90 Å². The average Bonchev–Trinajstić information content (AvgIpc) is 2.74. The lowest BCUT2D eigenvalue weighted by molar-refractivity contribution is 0.0697. The summed E-state index contributed by atoms with van der Waals surface area (Å²) in [6.45, 7) is 0. The third-order valence-electron chi connectivity index (χ3n) is 4.20. The predicted molar refractivity (Wildman–Crippen MR) is 111 cm³/mol. The number of carboxylic acid groups (broad SMARTS) is 1. The molecule has 3 heterocycles. The fraction of sp³-hybridized carbons (Fsp3) is 0. The summed E-state index contributed by atoms with van der Waals surface area (Å²) in [4.78, 5) is 24.7. The van der Waals surface area contributed by atoms with E-state index in [0.717, 1.165) is 21.3 Å². The highest BCUT2D eigenvalue weighted by Crippen LogP contribution is 2.29. The fourth-order valence-corrected chi connectivity index (χ4v) is 3.08. The molecule has 6 heteroatoms. The zero-order valence-corrected chi connectivity index (χ0v) is 16.2. The van der Waals surface area contributed by atoms with Crippen LogP contribution in [0.5, 0.6) is 0 Å². The first-order valence-corrected chi connectivity index (χ1v) is 9.28. The first kappa shape index (κ1) is 18.0. The molecular weight excluding hydrogens is 418 g/mol. The van der Waals surface area contributed by atoms with E-state index in [1.54, 1.807) is 6.20 Å². The Morgan fingerprint density at radius 3 is 2.14 bits per heavy atom. The summed E-state index contributed by atoms with van der Waals surface area (Å²) in [5.41, 5.74) is 4.63. The highest BCUT2D eigenvalue weighted by atomic mass is 79.9. The number of nitrogens with zero attached hydrogens (tertiary/aromatic N) is 3. The van der Waals surface area contributed by atoms with E-state index in [1.807, 2.05) is 54.6 Å². The number of carboxylic acids is 1. The van der Waals surface area contributed by atoms with Gasteiger partial charge in [-0.3, -0.25) is 9.97 Å². The lowest BCUT2D eigenvalue weighted by atomic mass is 10.0. The summed E-state index contributed by atoms with van der Waals surface area (Å²) < 4.78 is 0.992. The van der Waals surface area contributed by atoms with Crippen molar-refractivity contribution in [3.63, 3.8) is 0 Å². The van der Waals surface area contributed by atoms with Crippen molar-refractivity contribution in [2.75, 3.05) is 0 Å². The maximum atomic E-state index is 11.3. The topological polar surface area (TPSA) is 76.0 Å². The van der Waals surface area contributed by atoms with Crippen molar-refractivity contribution in [2.24, 2.45) is 0 Å². The van der Waals surface area contributed by atoms with Crippen molar-refractivity contribution in [2.45, 2.75) is 0 Å². The predicted octanol–water partition coefficient (Wildman–Crippen LogP) is 5.33. The number of rotatable bonds is 4. The molecule has 0 spiro atoms. The summed E-state index contributed by atoms with van der Waals surface area (Å²) in [6, 6.07) is 20.5. The second-order valence-corrected chi connectivity index (χ2v) is 7.00. The molecule has 0 saturated heterocycles. The molecule has 4 rings (SSSR count). The molecule has 28 heavy (non-hydrogen) atoms. The van der Waals surface area contributed by atoms with Crippen LogP contribution in [0.3, 0.4) is 0 Å². The molecule has 0 fully saturated rings. The van der Waals surface area contributed by atoms with Crippen LogP contribution in [-0.4, -0.2) is 26.0 Å². The summed E-state index contributed by atoms with van der Waals surface area (Å²) in [5, 5.41) is 9.28. The van der Waals surface area contributed by atoms with Crippen LogP contribution in [0.15, 0.2) is 83.6 Å². The number of hydrogen-bond donors (Lipinski definition) is 1. The second kappa shape index (κ2) is 7.70. The Kier molecular flexibility index (Phi) is 4.95. The first-order chi connectivity index (χ1) is 13.6. The first-order valence-electron chi connectivity index (χ1n) is 8.49. The molecule has 5 nitrogen and oxygen atoms in total. The van der Waals surface area contributed by atoms with Crippen LogP contribution in [-0.2, 0) is 0 Å². The SMILES string of the molecule is O=C(O)c1ccnc(-c2cc(-c3ccc(Br)cc3)cc(-c3ccccn3)n2)c1. The van der Waals surface area contributed by atoms with Crippen molar-refractivity contribution in [3.05, 3.63) is 89.2 Å². The summed E-state index contributed by atoms with van der Waals surface area (Å²) >= 11 is 3.45. The number of hydrogen-bond acceptors (Lipinski definition) is 4. The molecule has 0 unspecified atom stereocenters. The van der Waals surface area contributed by atoms with E-state index in [4.69, 9.17) is 4.98 Å². The summed E-state index contributed by atoms with van der Waals surface area (Å²) in [5.74, 6) is -1.00. The monoisotopic (exact) mass is 431 g/mol. The van der Waals surface area contributed by atoms with Crippen LogP contribution in [0.4, 0.5) is 0 Å². The van der Waals surface area contributed by atoms with Gasteiger partial charge in [0.05, 0.1) is 28.3 Å². The molecule has 0 aliphatic rings. The molecule has 1 aromatic carbocycles. The van der Waals surface area contributed by atoms with Gasteiger partial charge in [-0.1, -0.05) is 34.1 Å². The normalized spacial score (nSPS) is 10.6. The molecule has 0 bridgehead atoms. The number of carbonyl (C=O) groups is 1. The third-order valence-corrected chi connectivity index (χ3v) is 4.73. The van der Waals surface area contributed by atoms with Gasteiger partial charge in [-0.2, -0.15) is 0 Å². The Hall–Kier alpha value is -3.38. The molecule has 1 N–H and O–H groups in total. The standard InChI is InChI=1S/C22H14BrN3O2/c23-17-6-4-14(5-7-17)16-12-20(18-3-1-2-9-24-18)26-21(13-16)19-11-15(22(27)28)8-10-25-19/h1-13H,(H,27,28). The van der Waals surface area contributed by atoms with Gasteiger partial charge in [0.2, 0.25) is 0 Å². The molecular formula is C22H14BrN3O2. The number of aromatic nitrogens is 3. The van der Waals surface area contributed by atoms with Gasteiger partial charge in [0.15, 0.2) is 0 Å². The molecule has 0 amide bonds. The van der Waals surface area contributed by atoms with Crippen molar-refractivity contribution in [1.82, 2.24) is 15.0 Å². The lowest BCUT2D eigenvalue weighted by Crippen LogP contribution is -1.99. The average molecular weight is 432 g/mol. The summed E-state index contributed by atoms with van der Waals surface area (Å²) in [6.07, 6.45) is 3.19. The Bertz CT molecular complexity index is 1150. The maximum absolute atomic E-state index is 11.3. The van der Waals surface area contributed by atoms with Gasteiger partial charge in [-0.05, 0) is 59.7 Å². The molecule has 0 saturated carbocycles. The largest absolute Gasteiger partial charge is 0.478 e. The smallest absolute Gasteiger partial charge is 0.335 e. The van der Waals surface area contributed by atoms with Gasteiger partial charge in [0, 0.05) is 16.9 Å². The molecule has 0 atom stereocenters. The van der Waals surface area contributed by atoms with Crippen molar-refractivity contribution in [1.29, 1.82) is 0 Å². The number of halogens is 1. The van der Waals surface area contributed by atoms with Crippen molar-refractivity contribution in [3.8, 4) is 33.9 Å². The van der Waals surface area contributed by atoms with E-state index < -0.39 is 5.97 Å². The zero-order chi connectivity index (χ0) is 19.5. The molecule has 0 aliphatic heterocycles. The molecule has 0 radical (unpaired) electrons. The highest BCUT2D eigenvalue weighted by molar-refractivity contribution is 9.10. The van der Waals surface area contributed by atoms with Crippen LogP contribution in [0.1, 0.15) is 10.4 Å². The van der Waals surface area contributed by atoms with Crippen LogP contribution in [0.2, 0.25) is 0 Å². The number of pyridine rings is 3. The number of benzene rings is 1. The van der Waals surface area contributed by atoms with E-state index in [-0.39, 0.29) is 5.56 Å². The molecule has 4 aromatic rings. The minimum absolute atomic E-state index is 0.167. The maximum Gasteiger partial charge on any atom is 0.335 e.